The minimum absolute atomic E-state index is 0. The van der Waals surface area contributed by atoms with Gasteiger partial charge in [0.25, 0.3) is 0 Å². The van der Waals surface area contributed by atoms with Crippen molar-refractivity contribution in [1.29, 1.82) is 0 Å². The van der Waals surface area contributed by atoms with E-state index in [4.69, 9.17) is 48.9 Å². The second-order valence-corrected chi connectivity index (χ2v) is 18.2. The van der Waals surface area contributed by atoms with Crippen LogP contribution in [0.2, 0.25) is 0 Å². The van der Waals surface area contributed by atoms with Gasteiger partial charge in [-0.3, -0.25) is 33.6 Å². The molecule has 534 valence electrons. The molecule has 29 heteroatoms. The van der Waals surface area contributed by atoms with Crippen LogP contribution in [-0.2, 0) is 148 Å². The predicted molar refractivity (Wildman–Crippen MR) is 360 cm³/mol. The Bertz CT molecular complexity index is 3580. The third kappa shape index (κ3) is 48.8. The molecule has 1 radical (unpaired) electrons. The number of hydrogen-bond acceptors (Lipinski definition) is 19. The maximum atomic E-state index is 12.4. The summed E-state index contributed by atoms with van der Waals surface area (Å²) in [4.78, 5) is 101. The number of alkyl halides is 1. The first-order chi connectivity index (χ1) is 51.5. The van der Waals surface area contributed by atoms with Gasteiger partial charge >= 0.3 is 48.4 Å². The molecule has 11 N–H and O–H groups in total. The Kier molecular flexibility index (Phi) is 43.1. The van der Waals surface area contributed by atoms with Crippen molar-refractivity contribution in [2.24, 2.45) is 5.73 Å². The Hall–Kier alpha value is -7.88. The van der Waals surface area contributed by atoms with Crippen molar-refractivity contribution in [1.82, 2.24) is 37.2 Å². The van der Waals surface area contributed by atoms with Gasteiger partial charge in [0, 0.05) is 106 Å². The molecule has 7 amide bonds. The summed E-state index contributed by atoms with van der Waals surface area (Å²) in [5.41, 5.74) is 10.7. The molecule has 0 aliphatic carbocycles. The molecule has 0 aliphatic rings. The number of nitrogens with two attached hydrogens (primary N) is 1. The minimum atomic E-state index is -2.84. The van der Waals surface area contributed by atoms with E-state index in [2.05, 4.69) is 51.4 Å². The summed E-state index contributed by atoms with van der Waals surface area (Å²) in [7, 11) is -6.83. The number of nitrogens with one attached hydrogen (secondary N) is 7. The molecule has 0 bridgehead atoms. The van der Waals surface area contributed by atoms with Gasteiger partial charge in [-0.05, 0) is 38.2 Å². The Morgan fingerprint density at radius 2 is 0.740 bits per heavy atom. The van der Waals surface area contributed by atoms with E-state index in [0.29, 0.717) is 13.1 Å². The van der Waals surface area contributed by atoms with E-state index >= 15 is 0 Å². The topological polar surface area (TPSA) is 377 Å². The summed E-state index contributed by atoms with van der Waals surface area (Å²) in [6.07, 6.45) is -1.61. The third-order valence-corrected chi connectivity index (χ3v) is 11.1. The molecular formula is C67H89Ag2IN8O18. The number of carbonyl (C=O) groups is 9. The van der Waals surface area contributed by atoms with E-state index in [1.54, 1.807) is 45.3 Å². The average molecular weight is 1650 g/mol. The van der Waals surface area contributed by atoms with Crippen LogP contribution in [-0.4, -0.2) is 148 Å². The number of carbonyl (C=O) groups excluding carboxylic acids is 9. The second-order valence-electron chi connectivity index (χ2n) is 18.2. The second kappa shape index (κ2) is 62.0. The normalized spacial score (nSPS) is 13.6. The first-order valence-electron chi connectivity index (χ1n) is 35.3. The van der Waals surface area contributed by atoms with Crippen LogP contribution < -0.4 is 43.0 Å². The number of aliphatic hydroxyl groups is 2. The number of esters is 2. The maximum absolute atomic E-state index is 12.4. The molecule has 0 saturated heterocycles. The van der Waals surface area contributed by atoms with Crippen molar-refractivity contribution in [2.75, 3.05) is 59.5 Å². The molecule has 26 nitrogen and oxygen atoms in total. The fraction of sp³-hybridized carbons (Fsp3) is 0.328. The average Bonchev–Trinajstić information content (AvgIpc) is 0.912. The fourth-order valence-corrected chi connectivity index (χ4v) is 6.72. The molecule has 4 atom stereocenters. The van der Waals surface area contributed by atoms with Gasteiger partial charge < -0.3 is 81.6 Å². The van der Waals surface area contributed by atoms with Crippen LogP contribution in [0, 0.1) is 0 Å². The zero-order valence-electron chi connectivity index (χ0n) is 67.2. The van der Waals surface area contributed by atoms with Crippen LogP contribution in [0.5, 0.6) is 0 Å². The molecule has 96 heavy (non-hydrogen) atoms. The van der Waals surface area contributed by atoms with E-state index in [9.17, 15) is 48.3 Å². The third-order valence-electron chi connectivity index (χ3n) is 11.1. The number of alkyl carbamates (subject to hydrolysis) is 2. The number of methoxy groups -OCH3 is 3. The molecule has 0 spiro atoms. The first-order valence-corrected chi connectivity index (χ1v) is 29.5. The van der Waals surface area contributed by atoms with Gasteiger partial charge in [-0.1, -0.05) is 205 Å². The van der Waals surface area contributed by atoms with Crippen LogP contribution in [0.25, 0.3) is 0 Å². The van der Waals surface area contributed by atoms with Crippen LogP contribution in [0.4, 0.5) is 9.59 Å². The summed E-state index contributed by atoms with van der Waals surface area (Å²) >= 11 is 3.08. The monoisotopic (exact) mass is 1650 g/mol. The Morgan fingerprint density at radius 3 is 1.02 bits per heavy atom. The van der Waals surface area contributed by atoms with Crippen molar-refractivity contribution in [3.8, 4) is 0 Å². The number of aliphatic hydroxyl groups excluding tert-OH is 2. The van der Waals surface area contributed by atoms with Crippen LogP contribution in [0.15, 0.2) is 182 Å². The number of amides is 7. The quantitative estimate of drug-likeness (QED) is 0.00833. The molecule has 0 saturated carbocycles. The van der Waals surface area contributed by atoms with Gasteiger partial charge in [0.2, 0.25) is 29.5 Å². The fourth-order valence-electron chi connectivity index (χ4n) is 6.72. The summed E-state index contributed by atoms with van der Waals surface area (Å²) in [6, 6.07) is 51.0. The van der Waals surface area contributed by atoms with Gasteiger partial charge in [0.05, 0.1) is 38.8 Å². The van der Waals surface area contributed by atoms with E-state index < -0.39 is 130 Å². The van der Waals surface area contributed by atoms with Gasteiger partial charge in [-0.2, -0.15) is 0 Å². The first kappa shape index (κ1) is 66.7. The van der Waals surface area contributed by atoms with Crippen molar-refractivity contribution >= 4 is 76.3 Å². The summed E-state index contributed by atoms with van der Waals surface area (Å²) < 4.78 is 136. The van der Waals surface area contributed by atoms with Gasteiger partial charge in [-0.25, -0.2) is 9.59 Å². The van der Waals surface area contributed by atoms with E-state index in [1.807, 2.05) is 158 Å². The predicted octanol–water partition coefficient (Wildman–Crippen LogP) is 5.20. The molecule has 0 unspecified atom stereocenters. The van der Waals surface area contributed by atoms with Crippen LogP contribution in [0.1, 0.15) is 74.6 Å². The van der Waals surface area contributed by atoms with Crippen molar-refractivity contribution in [3.05, 3.63) is 215 Å². The van der Waals surface area contributed by atoms with Crippen molar-refractivity contribution < 1.29 is 149 Å². The van der Waals surface area contributed by atoms with E-state index in [0.717, 1.165) is 47.4 Å². The Morgan fingerprint density at radius 1 is 0.458 bits per heavy atom. The number of rotatable bonds is 26. The van der Waals surface area contributed by atoms with E-state index in [1.165, 1.54) is 29.5 Å². The SMILES string of the molecule is CO.O=C(N[C@H](CO)C(=O)NCc1ccccc1)OCc1ccccc1.[2H]C([2H])([2H])C(=O)OC(C)=O.[2H]C([2H])([2H])I.[2H]C([2H])([2H])OC[C@@H](N)C(=O)NCc1ccccc1.[2H]C([2H])([2H])OC[C@@H](NC(=O)OCc1ccccc1)C(=O)NCc1ccccc1.[2H]C([2H])([2H])OC[C@@H](NC(C)=O)C(=O)NCc1ccccc1.[Ag].[O]=[Ag]. The van der Waals surface area contributed by atoms with Gasteiger partial charge in [0.15, 0.2) is 0 Å². The molecule has 0 aliphatic heterocycles. The van der Waals surface area contributed by atoms with Gasteiger partial charge in [0.1, 0.15) is 37.4 Å². The standard InChI is InChI=1S/C19H22N2O4.C18H20N2O4.C13H18N2O3.C11H16N2O2.C4H6O3.CH3I.CH4O.2Ag.O/c1-24-14-17(18(22)20-12-15-8-4-2-5-9-15)21-19(23)25-13-16-10-6-3-7-11-16;21-12-16(17(22)19-11-14-7-3-1-4-8-14)20-18(23)24-13-15-9-5-2-6-10-15;1-10(16)15-12(9-18-2)13(17)14-8-11-6-4-3-5-7-11;1-15-8-10(12)11(14)13-7-9-5-3-2-4-6-9;1-3(5)7-4(2)6;2*1-2;;;/h2-11,17H,12-14H2,1H3,(H,20,22)(H,21,23);1-10,16,21H,11-13H2,(H,19,22)(H,20,23);3-7,12H,8-9H2,1-2H3,(H,14,17)(H,15,16);2-6,10H,7-8,12H2,1H3,(H,13,14);1-2H3;1H3;2H,1H3;;;/t17-;16-;12-;10-;;;;;;/m1111....../s1/i1D3;;2D3;3*1D3;;;;. The van der Waals surface area contributed by atoms with E-state index in [-0.39, 0.29) is 55.3 Å². The molecule has 6 rings (SSSR count). The number of ether oxygens (including phenoxy) is 6. The van der Waals surface area contributed by atoms with Crippen molar-refractivity contribution in [2.45, 2.75) is 84.3 Å². The van der Waals surface area contributed by atoms with Gasteiger partial charge in [-0.15, -0.1) is 0 Å². The van der Waals surface area contributed by atoms with Crippen molar-refractivity contribution in [3.63, 3.8) is 0 Å². The molecule has 6 aromatic carbocycles. The molecule has 0 aromatic heterocycles. The Balaban J connectivity index is -0.00000131. The number of benzene rings is 6. The molecule has 6 aromatic rings. The molecular weight excluding hydrogens is 1550 g/mol. The summed E-state index contributed by atoms with van der Waals surface area (Å²) in [6.45, 7) is -1.14. The summed E-state index contributed by atoms with van der Waals surface area (Å²) in [5, 5.41) is 33.9. The number of hydrogen-bond donors (Lipinski definition) is 10. The van der Waals surface area contributed by atoms with Crippen LogP contribution in [0.3, 0.4) is 0 Å². The zero-order chi connectivity index (χ0) is 83.9. The van der Waals surface area contributed by atoms with Crippen LogP contribution >= 0.6 is 22.6 Å². The molecule has 0 heterocycles. The number of halogens is 1. The summed E-state index contributed by atoms with van der Waals surface area (Å²) in [5.74, 6) is -4.84. The molecule has 0 fully saturated rings. The Labute approximate surface area is 623 Å². The zero-order valence-corrected chi connectivity index (χ0v) is 57.3.